The maximum atomic E-state index is 5.80. The van der Waals surface area contributed by atoms with Crippen molar-refractivity contribution in [3.05, 3.63) is 54.1 Å². The Kier molecular flexibility index (Phi) is 3.44. The fourth-order valence-electron chi connectivity index (χ4n) is 2.15. The van der Waals surface area contributed by atoms with Crippen molar-refractivity contribution in [1.82, 2.24) is 10.2 Å². The molecule has 3 rings (SSSR count). The molecule has 0 N–H and O–H groups in total. The normalized spacial score (nSPS) is 10.6. The molecule has 2 aromatic carbocycles. The largest absolute Gasteiger partial charge is 0.416 e. The summed E-state index contributed by atoms with van der Waals surface area (Å²) >= 11 is 0. The smallest absolute Gasteiger partial charge is 0.248 e. The number of aryl methyl sites for hydroxylation is 1. The van der Waals surface area contributed by atoms with Gasteiger partial charge in [0, 0.05) is 30.9 Å². The molecule has 4 heteroatoms. The Morgan fingerprint density at radius 2 is 1.48 bits per heavy atom. The molecule has 1 aromatic heterocycles. The molecule has 0 saturated heterocycles. The highest BCUT2D eigenvalue weighted by molar-refractivity contribution is 5.63. The first kappa shape index (κ1) is 13.4. The molecule has 1 heterocycles. The number of aromatic nitrogens is 2. The Morgan fingerprint density at radius 3 is 2.10 bits per heavy atom. The third-order valence-corrected chi connectivity index (χ3v) is 3.30. The van der Waals surface area contributed by atoms with Crippen LogP contribution in [0.2, 0.25) is 0 Å². The van der Waals surface area contributed by atoms with E-state index in [1.807, 2.05) is 74.4 Å². The highest BCUT2D eigenvalue weighted by Gasteiger charge is 2.11. The Balaban J connectivity index is 1.97. The van der Waals surface area contributed by atoms with Crippen LogP contribution in [-0.4, -0.2) is 24.3 Å². The summed E-state index contributed by atoms with van der Waals surface area (Å²) in [5.74, 6) is 1.08. The SMILES string of the molecule is Cc1cccc(-c2nnc(-c3cccc(N(C)C)c3)o2)c1. The average Bonchev–Trinajstić information content (AvgIpc) is 2.97. The number of nitrogens with zero attached hydrogens (tertiary/aromatic N) is 3. The van der Waals surface area contributed by atoms with Crippen LogP contribution in [0.1, 0.15) is 5.56 Å². The summed E-state index contributed by atoms with van der Waals surface area (Å²) in [6.07, 6.45) is 0. The van der Waals surface area contributed by atoms with Crippen LogP contribution in [-0.2, 0) is 0 Å². The summed E-state index contributed by atoms with van der Waals surface area (Å²) in [4.78, 5) is 2.04. The maximum absolute atomic E-state index is 5.80. The molecule has 21 heavy (non-hydrogen) atoms. The quantitative estimate of drug-likeness (QED) is 0.731. The minimum absolute atomic E-state index is 0.537. The lowest BCUT2D eigenvalue weighted by Crippen LogP contribution is -2.08. The summed E-state index contributed by atoms with van der Waals surface area (Å²) in [7, 11) is 4.01. The van der Waals surface area contributed by atoms with Crippen LogP contribution in [0, 0.1) is 6.92 Å². The van der Waals surface area contributed by atoms with E-state index in [2.05, 4.69) is 10.2 Å². The van der Waals surface area contributed by atoms with Crippen LogP contribution in [0.5, 0.6) is 0 Å². The number of benzene rings is 2. The number of rotatable bonds is 3. The number of hydrogen-bond donors (Lipinski definition) is 0. The zero-order chi connectivity index (χ0) is 14.8. The van der Waals surface area contributed by atoms with Gasteiger partial charge in [-0.15, -0.1) is 10.2 Å². The fraction of sp³-hybridized carbons (Fsp3) is 0.176. The lowest BCUT2D eigenvalue weighted by Gasteiger charge is -2.12. The Morgan fingerprint density at radius 1 is 0.857 bits per heavy atom. The van der Waals surface area contributed by atoms with E-state index in [0.29, 0.717) is 11.8 Å². The molecule has 0 spiro atoms. The third kappa shape index (κ3) is 2.79. The van der Waals surface area contributed by atoms with Gasteiger partial charge in [-0.1, -0.05) is 23.8 Å². The van der Waals surface area contributed by atoms with Crippen molar-refractivity contribution in [1.29, 1.82) is 0 Å². The molecule has 0 aliphatic heterocycles. The second kappa shape index (κ2) is 5.40. The summed E-state index contributed by atoms with van der Waals surface area (Å²) in [6, 6.07) is 16.1. The van der Waals surface area contributed by atoms with E-state index in [1.54, 1.807) is 0 Å². The predicted molar refractivity (Wildman–Crippen MR) is 84.2 cm³/mol. The van der Waals surface area contributed by atoms with Gasteiger partial charge in [-0.25, -0.2) is 0 Å². The van der Waals surface area contributed by atoms with Gasteiger partial charge in [0.25, 0.3) is 0 Å². The van der Waals surface area contributed by atoms with Crippen molar-refractivity contribution in [3.63, 3.8) is 0 Å². The molecule has 0 saturated carbocycles. The first-order valence-corrected chi connectivity index (χ1v) is 6.82. The van der Waals surface area contributed by atoms with Gasteiger partial charge >= 0.3 is 0 Å². The van der Waals surface area contributed by atoms with Gasteiger partial charge in [-0.3, -0.25) is 0 Å². The molecular weight excluding hydrogens is 262 g/mol. The minimum atomic E-state index is 0.537. The maximum Gasteiger partial charge on any atom is 0.248 e. The van der Waals surface area contributed by atoms with Gasteiger partial charge in [0.15, 0.2) is 0 Å². The summed E-state index contributed by atoms with van der Waals surface area (Å²) in [5.41, 5.74) is 4.13. The molecule has 0 aliphatic rings. The first-order chi connectivity index (χ1) is 10.1. The van der Waals surface area contributed by atoms with E-state index >= 15 is 0 Å². The fourth-order valence-corrected chi connectivity index (χ4v) is 2.15. The van der Waals surface area contributed by atoms with Crippen LogP contribution >= 0.6 is 0 Å². The van der Waals surface area contributed by atoms with E-state index in [4.69, 9.17) is 4.42 Å². The van der Waals surface area contributed by atoms with E-state index in [9.17, 15) is 0 Å². The third-order valence-electron chi connectivity index (χ3n) is 3.30. The summed E-state index contributed by atoms with van der Waals surface area (Å²) in [6.45, 7) is 2.04. The summed E-state index contributed by atoms with van der Waals surface area (Å²) < 4.78 is 5.80. The van der Waals surface area contributed by atoms with E-state index in [1.165, 1.54) is 5.56 Å². The number of hydrogen-bond acceptors (Lipinski definition) is 4. The van der Waals surface area contributed by atoms with Gasteiger partial charge in [0.2, 0.25) is 11.8 Å². The van der Waals surface area contributed by atoms with Crippen LogP contribution in [0.25, 0.3) is 22.9 Å². The molecule has 0 aliphatic carbocycles. The van der Waals surface area contributed by atoms with Gasteiger partial charge in [-0.05, 0) is 37.3 Å². The topological polar surface area (TPSA) is 42.2 Å². The van der Waals surface area contributed by atoms with Crippen molar-refractivity contribution in [2.24, 2.45) is 0 Å². The van der Waals surface area contributed by atoms with Crippen molar-refractivity contribution in [2.75, 3.05) is 19.0 Å². The molecule has 0 bridgehead atoms. The van der Waals surface area contributed by atoms with Crippen molar-refractivity contribution in [2.45, 2.75) is 6.92 Å². The second-order valence-corrected chi connectivity index (χ2v) is 5.23. The molecule has 0 fully saturated rings. The molecule has 0 unspecified atom stereocenters. The highest BCUT2D eigenvalue weighted by Crippen LogP contribution is 2.26. The molecule has 4 nitrogen and oxygen atoms in total. The Hall–Kier alpha value is -2.62. The standard InChI is InChI=1S/C17H17N3O/c1-12-6-4-7-13(10-12)16-18-19-17(21-16)14-8-5-9-15(11-14)20(2)3/h4-11H,1-3H3. The molecular formula is C17H17N3O. The van der Waals surface area contributed by atoms with Crippen LogP contribution < -0.4 is 4.90 Å². The predicted octanol–water partition coefficient (Wildman–Crippen LogP) is 3.78. The summed E-state index contributed by atoms with van der Waals surface area (Å²) in [5, 5.41) is 8.31. The van der Waals surface area contributed by atoms with Crippen molar-refractivity contribution >= 4 is 5.69 Å². The zero-order valence-corrected chi connectivity index (χ0v) is 12.4. The van der Waals surface area contributed by atoms with Gasteiger partial charge in [-0.2, -0.15) is 0 Å². The molecule has 0 radical (unpaired) electrons. The van der Waals surface area contributed by atoms with E-state index in [-0.39, 0.29) is 0 Å². The second-order valence-electron chi connectivity index (χ2n) is 5.23. The minimum Gasteiger partial charge on any atom is -0.416 e. The lowest BCUT2D eigenvalue weighted by atomic mass is 10.1. The Labute approximate surface area is 124 Å². The number of anilines is 1. The van der Waals surface area contributed by atoms with Gasteiger partial charge < -0.3 is 9.32 Å². The average molecular weight is 279 g/mol. The van der Waals surface area contributed by atoms with Crippen LogP contribution in [0.4, 0.5) is 5.69 Å². The van der Waals surface area contributed by atoms with Gasteiger partial charge in [0.05, 0.1) is 0 Å². The Bertz CT molecular complexity index is 762. The van der Waals surface area contributed by atoms with Gasteiger partial charge in [0.1, 0.15) is 0 Å². The van der Waals surface area contributed by atoms with E-state index in [0.717, 1.165) is 16.8 Å². The van der Waals surface area contributed by atoms with Crippen molar-refractivity contribution < 1.29 is 4.42 Å². The molecule has 3 aromatic rings. The van der Waals surface area contributed by atoms with Crippen molar-refractivity contribution in [3.8, 4) is 22.9 Å². The molecule has 0 atom stereocenters. The zero-order valence-electron chi connectivity index (χ0n) is 12.4. The lowest BCUT2D eigenvalue weighted by molar-refractivity contribution is 0.584. The van der Waals surface area contributed by atoms with E-state index < -0.39 is 0 Å². The van der Waals surface area contributed by atoms with Crippen LogP contribution in [0.15, 0.2) is 52.9 Å². The molecule has 0 amide bonds. The highest BCUT2D eigenvalue weighted by atomic mass is 16.4. The van der Waals surface area contributed by atoms with Crippen LogP contribution in [0.3, 0.4) is 0 Å². The monoisotopic (exact) mass is 279 g/mol. The molecule has 106 valence electrons. The first-order valence-electron chi connectivity index (χ1n) is 6.82.